The van der Waals surface area contributed by atoms with Crippen molar-refractivity contribution in [3.8, 4) is 11.5 Å². The van der Waals surface area contributed by atoms with E-state index in [9.17, 15) is 4.79 Å². The fourth-order valence-corrected chi connectivity index (χ4v) is 2.63. The van der Waals surface area contributed by atoms with E-state index in [0.29, 0.717) is 32.6 Å². The molecule has 1 unspecified atom stereocenters. The van der Waals surface area contributed by atoms with Crippen molar-refractivity contribution in [2.24, 2.45) is 0 Å². The lowest BCUT2D eigenvalue weighted by Gasteiger charge is -2.13. The van der Waals surface area contributed by atoms with Crippen LogP contribution in [0.1, 0.15) is 38.7 Å². The molecule has 23 heavy (non-hydrogen) atoms. The average Bonchev–Trinajstić information content (AvgIpc) is 3.07. The molecular formula is C18H27NO4. The van der Waals surface area contributed by atoms with E-state index in [1.54, 1.807) is 0 Å². The van der Waals surface area contributed by atoms with E-state index >= 15 is 0 Å². The van der Waals surface area contributed by atoms with Crippen molar-refractivity contribution in [1.29, 1.82) is 0 Å². The SMILES string of the molecule is CCOc1ccc(CCC(=O)NCC2CCCO2)cc1OCC. The van der Waals surface area contributed by atoms with Gasteiger partial charge in [-0.15, -0.1) is 0 Å². The lowest BCUT2D eigenvalue weighted by molar-refractivity contribution is -0.121. The molecule has 1 aliphatic heterocycles. The molecule has 2 rings (SSSR count). The molecule has 1 aromatic rings. The summed E-state index contributed by atoms with van der Waals surface area (Å²) in [4.78, 5) is 11.9. The van der Waals surface area contributed by atoms with Crippen LogP contribution in [-0.2, 0) is 16.0 Å². The van der Waals surface area contributed by atoms with Gasteiger partial charge >= 0.3 is 0 Å². The average molecular weight is 321 g/mol. The molecule has 1 aliphatic rings. The van der Waals surface area contributed by atoms with Gasteiger partial charge < -0.3 is 19.5 Å². The molecule has 0 saturated carbocycles. The van der Waals surface area contributed by atoms with Gasteiger partial charge in [-0.2, -0.15) is 0 Å². The Morgan fingerprint density at radius 1 is 1.26 bits per heavy atom. The first-order chi connectivity index (χ1) is 11.2. The third kappa shape index (κ3) is 5.75. The van der Waals surface area contributed by atoms with Gasteiger partial charge in [0.2, 0.25) is 5.91 Å². The highest BCUT2D eigenvalue weighted by Crippen LogP contribution is 2.29. The number of amides is 1. The van der Waals surface area contributed by atoms with Gasteiger partial charge in [0.25, 0.3) is 0 Å². The van der Waals surface area contributed by atoms with Gasteiger partial charge in [0.05, 0.1) is 19.3 Å². The lowest BCUT2D eigenvalue weighted by atomic mass is 10.1. The molecule has 1 saturated heterocycles. The minimum atomic E-state index is 0.0624. The Morgan fingerprint density at radius 3 is 2.74 bits per heavy atom. The maximum absolute atomic E-state index is 11.9. The Kier molecular flexibility index (Phi) is 7.20. The third-order valence-electron chi connectivity index (χ3n) is 3.80. The van der Waals surface area contributed by atoms with Crippen LogP contribution < -0.4 is 14.8 Å². The molecule has 5 nitrogen and oxygen atoms in total. The van der Waals surface area contributed by atoms with Gasteiger partial charge in [-0.05, 0) is 50.8 Å². The zero-order valence-electron chi connectivity index (χ0n) is 14.1. The number of carbonyl (C=O) groups excluding carboxylic acids is 1. The quantitative estimate of drug-likeness (QED) is 0.760. The van der Waals surface area contributed by atoms with Crippen LogP contribution in [0.4, 0.5) is 0 Å². The van der Waals surface area contributed by atoms with E-state index in [-0.39, 0.29) is 12.0 Å². The smallest absolute Gasteiger partial charge is 0.220 e. The van der Waals surface area contributed by atoms with E-state index in [1.807, 2.05) is 32.0 Å². The third-order valence-corrected chi connectivity index (χ3v) is 3.80. The van der Waals surface area contributed by atoms with Crippen molar-refractivity contribution in [3.63, 3.8) is 0 Å². The van der Waals surface area contributed by atoms with Gasteiger partial charge in [-0.3, -0.25) is 4.79 Å². The van der Waals surface area contributed by atoms with E-state index < -0.39 is 0 Å². The lowest BCUT2D eigenvalue weighted by Crippen LogP contribution is -2.31. The monoisotopic (exact) mass is 321 g/mol. The van der Waals surface area contributed by atoms with Gasteiger partial charge in [-0.25, -0.2) is 0 Å². The van der Waals surface area contributed by atoms with E-state index in [1.165, 1.54) is 0 Å². The van der Waals surface area contributed by atoms with Crippen molar-refractivity contribution in [3.05, 3.63) is 23.8 Å². The predicted molar refractivity (Wildman–Crippen MR) is 89.1 cm³/mol. The summed E-state index contributed by atoms with van der Waals surface area (Å²) in [6.07, 6.45) is 3.47. The number of hydrogen-bond acceptors (Lipinski definition) is 4. The number of rotatable bonds is 9. The number of nitrogens with one attached hydrogen (secondary N) is 1. The fourth-order valence-electron chi connectivity index (χ4n) is 2.63. The fraction of sp³-hybridized carbons (Fsp3) is 0.611. The highest BCUT2D eigenvalue weighted by atomic mass is 16.5. The van der Waals surface area contributed by atoms with Crippen molar-refractivity contribution in [1.82, 2.24) is 5.32 Å². The Labute approximate surface area is 138 Å². The van der Waals surface area contributed by atoms with Crippen molar-refractivity contribution >= 4 is 5.91 Å². The first-order valence-corrected chi connectivity index (χ1v) is 8.49. The number of aryl methyl sites for hydroxylation is 1. The summed E-state index contributed by atoms with van der Waals surface area (Å²) in [5.41, 5.74) is 1.07. The maximum atomic E-state index is 11.9. The minimum Gasteiger partial charge on any atom is -0.490 e. The summed E-state index contributed by atoms with van der Waals surface area (Å²) >= 11 is 0. The summed E-state index contributed by atoms with van der Waals surface area (Å²) < 4.78 is 16.7. The molecule has 1 amide bonds. The normalized spacial score (nSPS) is 17.0. The summed E-state index contributed by atoms with van der Waals surface area (Å²) in [7, 11) is 0. The molecule has 0 radical (unpaired) electrons. The second-order valence-electron chi connectivity index (χ2n) is 5.59. The summed E-state index contributed by atoms with van der Waals surface area (Å²) in [6.45, 7) is 6.51. The number of ether oxygens (including phenoxy) is 3. The molecule has 1 atom stereocenters. The molecule has 0 aliphatic carbocycles. The second-order valence-corrected chi connectivity index (χ2v) is 5.59. The topological polar surface area (TPSA) is 56.8 Å². The number of benzene rings is 1. The van der Waals surface area contributed by atoms with Crippen molar-refractivity contribution in [2.45, 2.75) is 45.6 Å². The van der Waals surface area contributed by atoms with Crippen molar-refractivity contribution in [2.75, 3.05) is 26.4 Å². The van der Waals surface area contributed by atoms with E-state index in [0.717, 1.165) is 36.5 Å². The second kappa shape index (κ2) is 9.40. The maximum Gasteiger partial charge on any atom is 0.220 e. The predicted octanol–water partition coefficient (Wildman–Crippen LogP) is 2.71. The molecule has 0 aromatic heterocycles. The molecule has 128 valence electrons. The van der Waals surface area contributed by atoms with Crippen LogP contribution in [0.25, 0.3) is 0 Å². The Balaban J connectivity index is 1.81. The van der Waals surface area contributed by atoms with Gasteiger partial charge in [0, 0.05) is 19.6 Å². The van der Waals surface area contributed by atoms with E-state index in [2.05, 4.69) is 5.32 Å². The van der Waals surface area contributed by atoms with Crippen LogP contribution in [0.2, 0.25) is 0 Å². The standard InChI is InChI=1S/C18H27NO4/c1-3-21-16-9-7-14(12-17(16)22-4-2)8-10-18(20)19-13-15-6-5-11-23-15/h7,9,12,15H,3-6,8,10-11,13H2,1-2H3,(H,19,20). The first kappa shape index (κ1) is 17.6. The van der Waals surface area contributed by atoms with Gasteiger partial charge in [-0.1, -0.05) is 6.07 Å². The number of carbonyl (C=O) groups is 1. The van der Waals surface area contributed by atoms with Crippen LogP contribution in [0, 0.1) is 0 Å². The van der Waals surface area contributed by atoms with Crippen LogP contribution in [-0.4, -0.2) is 38.4 Å². The largest absolute Gasteiger partial charge is 0.490 e. The Morgan fingerprint density at radius 2 is 2.04 bits per heavy atom. The molecule has 0 spiro atoms. The van der Waals surface area contributed by atoms with Crippen LogP contribution in [0.3, 0.4) is 0 Å². The summed E-state index contributed by atoms with van der Waals surface area (Å²) in [5, 5.41) is 2.95. The van der Waals surface area contributed by atoms with Crippen LogP contribution in [0.5, 0.6) is 11.5 Å². The highest BCUT2D eigenvalue weighted by Gasteiger charge is 2.16. The van der Waals surface area contributed by atoms with Crippen molar-refractivity contribution < 1.29 is 19.0 Å². The summed E-state index contributed by atoms with van der Waals surface area (Å²) in [5.74, 6) is 1.56. The molecule has 0 bridgehead atoms. The molecule has 1 aromatic carbocycles. The zero-order chi connectivity index (χ0) is 16.5. The Hall–Kier alpha value is -1.75. The van der Waals surface area contributed by atoms with Gasteiger partial charge in [0.15, 0.2) is 11.5 Å². The van der Waals surface area contributed by atoms with Crippen LogP contribution >= 0.6 is 0 Å². The summed E-state index contributed by atoms with van der Waals surface area (Å²) in [6, 6.07) is 5.86. The molecule has 1 fully saturated rings. The van der Waals surface area contributed by atoms with Gasteiger partial charge in [0.1, 0.15) is 0 Å². The number of hydrogen-bond donors (Lipinski definition) is 1. The minimum absolute atomic E-state index is 0.0624. The molecule has 1 heterocycles. The van der Waals surface area contributed by atoms with E-state index in [4.69, 9.17) is 14.2 Å². The molecule has 1 N–H and O–H groups in total. The first-order valence-electron chi connectivity index (χ1n) is 8.49. The molecular weight excluding hydrogens is 294 g/mol. The highest BCUT2D eigenvalue weighted by molar-refractivity contribution is 5.76. The van der Waals surface area contributed by atoms with Crippen LogP contribution in [0.15, 0.2) is 18.2 Å². The Bertz CT molecular complexity index is 498. The zero-order valence-corrected chi connectivity index (χ0v) is 14.1. The molecule has 5 heteroatoms.